The van der Waals surface area contributed by atoms with E-state index in [4.69, 9.17) is 19.4 Å². The topological polar surface area (TPSA) is 264 Å². The normalized spacial score (nSPS) is 28.2. The molecule has 2 unspecified atom stereocenters. The number of nitrogens with one attached hydrogen (secondary N) is 1. The van der Waals surface area contributed by atoms with Crippen LogP contribution in [0.15, 0.2) is 21.9 Å². The minimum Gasteiger partial charge on any atom is -0.396 e. The first kappa shape index (κ1) is 26.2. The van der Waals surface area contributed by atoms with Gasteiger partial charge in [0.1, 0.15) is 12.3 Å². The predicted molar refractivity (Wildman–Crippen MR) is 96.2 cm³/mol. The summed E-state index contributed by atoms with van der Waals surface area (Å²) in [5.41, 5.74) is -1.61. The van der Waals surface area contributed by atoms with E-state index < -0.39 is 72.3 Å². The highest BCUT2D eigenvalue weighted by Gasteiger charge is 2.47. The van der Waals surface area contributed by atoms with Gasteiger partial charge in [-0.05, 0) is 6.42 Å². The lowest BCUT2D eigenvalue weighted by Crippen LogP contribution is -2.35. The molecular weight excluding hydrogens is 493 g/mol. The van der Waals surface area contributed by atoms with E-state index in [2.05, 4.69) is 13.1 Å². The van der Waals surface area contributed by atoms with E-state index >= 15 is 0 Å². The van der Waals surface area contributed by atoms with Crippen LogP contribution in [0.3, 0.4) is 0 Å². The molecule has 0 aliphatic carbocycles. The molecule has 1 aliphatic heterocycles. The molecule has 31 heavy (non-hydrogen) atoms. The van der Waals surface area contributed by atoms with Crippen molar-refractivity contribution in [3.05, 3.63) is 33.1 Å². The second kappa shape index (κ2) is 9.85. The van der Waals surface area contributed by atoms with Crippen molar-refractivity contribution in [2.24, 2.45) is 5.92 Å². The van der Waals surface area contributed by atoms with Crippen LogP contribution in [0.4, 0.5) is 0 Å². The molecule has 0 bridgehead atoms. The number of aliphatic hydroxyl groups excluding tert-OH is 2. The summed E-state index contributed by atoms with van der Waals surface area (Å²) in [7, 11) is -16.7. The van der Waals surface area contributed by atoms with Crippen LogP contribution in [0, 0.1) is 5.92 Å². The lowest BCUT2D eigenvalue weighted by molar-refractivity contribution is -0.0477. The van der Waals surface area contributed by atoms with Gasteiger partial charge in [0.25, 0.3) is 5.56 Å². The Hall–Kier alpha value is -1.03. The Morgan fingerprint density at radius 2 is 1.74 bits per heavy atom. The van der Waals surface area contributed by atoms with Gasteiger partial charge in [0.05, 0.1) is 12.7 Å². The summed E-state index contributed by atoms with van der Waals surface area (Å²) in [6.45, 7) is -1.40. The Kier molecular flexibility index (Phi) is 8.33. The summed E-state index contributed by atoms with van der Waals surface area (Å²) in [5, 5.41) is 19.6. The lowest BCUT2D eigenvalue weighted by Gasteiger charge is -2.20. The first-order valence-electron chi connectivity index (χ1n) is 8.18. The number of nitrogens with zero attached hydrogens (tertiary/aromatic N) is 1. The number of phosphoric acid groups is 3. The molecule has 0 saturated carbocycles. The van der Waals surface area contributed by atoms with E-state index in [1.54, 1.807) is 0 Å². The zero-order valence-corrected chi connectivity index (χ0v) is 17.9. The van der Waals surface area contributed by atoms with Crippen LogP contribution in [0.25, 0.3) is 0 Å². The van der Waals surface area contributed by atoms with Crippen molar-refractivity contribution in [1.29, 1.82) is 0 Å². The molecule has 0 amide bonds. The predicted octanol–water partition coefficient (Wildman–Crippen LogP) is -1.86. The fourth-order valence-electron chi connectivity index (χ4n) is 2.78. The van der Waals surface area contributed by atoms with Gasteiger partial charge in [-0.3, -0.25) is 18.9 Å². The summed E-state index contributed by atoms with van der Waals surface area (Å²) < 4.78 is 51.6. The third kappa shape index (κ3) is 7.51. The number of rotatable bonds is 10. The van der Waals surface area contributed by atoms with Gasteiger partial charge in [0.2, 0.25) is 0 Å². The minimum absolute atomic E-state index is 0.0941. The summed E-state index contributed by atoms with van der Waals surface area (Å²) >= 11 is 0. The highest BCUT2D eigenvalue weighted by atomic mass is 31.3. The Morgan fingerprint density at radius 1 is 1.10 bits per heavy atom. The van der Waals surface area contributed by atoms with Gasteiger partial charge < -0.3 is 34.5 Å². The Labute approximate surface area is 172 Å². The largest absolute Gasteiger partial charge is 0.490 e. The molecule has 178 valence electrons. The van der Waals surface area contributed by atoms with Crippen LogP contribution < -0.4 is 11.2 Å². The highest BCUT2D eigenvalue weighted by molar-refractivity contribution is 7.66. The molecule has 17 nitrogen and oxygen atoms in total. The van der Waals surface area contributed by atoms with Crippen molar-refractivity contribution < 1.29 is 61.4 Å². The van der Waals surface area contributed by atoms with Crippen molar-refractivity contribution in [2.45, 2.75) is 24.9 Å². The maximum Gasteiger partial charge on any atom is 0.490 e. The summed E-state index contributed by atoms with van der Waals surface area (Å²) in [5.74, 6) is -0.942. The van der Waals surface area contributed by atoms with E-state index in [0.29, 0.717) is 0 Å². The number of aromatic nitrogens is 2. The average Bonchev–Trinajstić information content (AvgIpc) is 2.86. The average molecular weight is 512 g/mol. The summed E-state index contributed by atoms with van der Waals surface area (Å²) in [4.78, 5) is 60.7. The Bertz CT molecular complexity index is 1030. The molecule has 1 aromatic heterocycles. The number of H-pyrrole nitrogens is 1. The van der Waals surface area contributed by atoms with Crippen molar-refractivity contribution >= 4 is 23.5 Å². The van der Waals surface area contributed by atoms with E-state index in [-0.39, 0.29) is 6.42 Å². The van der Waals surface area contributed by atoms with Gasteiger partial charge >= 0.3 is 29.2 Å². The van der Waals surface area contributed by atoms with Gasteiger partial charge in [0, 0.05) is 24.8 Å². The lowest BCUT2D eigenvalue weighted by atomic mass is 9.96. The van der Waals surface area contributed by atoms with E-state index in [1.807, 2.05) is 4.98 Å². The van der Waals surface area contributed by atoms with Crippen molar-refractivity contribution in [2.75, 3.05) is 13.2 Å². The maximum atomic E-state index is 12.0. The van der Waals surface area contributed by atoms with Crippen LogP contribution in [0.1, 0.15) is 12.6 Å². The first-order chi connectivity index (χ1) is 14.1. The number of aromatic amines is 1. The fraction of sp³-hybridized carbons (Fsp3) is 0.636. The molecule has 20 heteroatoms. The second-order valence-corrected chi connectivity index (χ2v) is 10.6. The van der Waals surface area contributed by atoms with Gasteiger partial charge in [-0.15, -0.1) is 0 Å². The zero-order valence-electron chi connectivity index (χ0n) is 15.2. The molecule has 6 atom stereocenters. The summed E-state index contributed by atoms with van der Waals surface area (Å²) in [6.07, 6.45) is -3.17. The van der Waals surface area contributed by atoms with Crippen LogP contribution in [0.2, 0.25) is 0 Å². The smallest absolute Gasteiger partial charge is 0.396 e. The SMILES string of the molecule is O=c1ccn([C@@H]2O[C@H](COP(=O)(O)OP(=O)(O)OP(=O)(O)O)[C@@H](O)[C@H]2CCO)c(=O)[nH]1. The van der Waals surface area contributed by atoms with Crippen molar-refractivity contribution in [1.82, 2.24) is 9.55 Å². The third-order valence-corrected chi connectivity index (χ3v) is 7.71. The monoisotopic (exact) mass is 512 g/mol. The highest BCUT2D eigenvalue weighted by Crippen LogP contribution is 2.66. The minimum atomic E-state index is -5.72. The molecular formula is C11H19N2O15P3. The molecule has 2 rings (SSSR count). The van der Waals surface area contributed by atoms with Gasteiger partial charge in [0.15, 0.2) is 0 Å². The number of aliphatic hydroxyl groups is 2. The molecule has 1 aromatic rings. The molecule has 0 radical (unpaired) electrons. The van der Waals surface area contributed by atoms with E-state index in [9.17, 15) is 38.4 Å². The third-order valence-electron chi connectivity index (χ3n) is 3.91. The van der Waals surface area contributed by atoms with Crippen LogP contribution in [-0.4, -0.2) is 64.8 Å². The van der Waals surface area contributed by atoms with Crippen LogP contribution in [-0.2, 0) is 31.6 Å². The number of hydrogen-bond donors (Lipinski definition) is 7. The van der Waals surface area contributed by atoms with Gasteiger partial charge in [-0.2, -0.15) is 8.62 Å². The molecule has 1 fully saturated rings. The van der Waals surface area contributed by atoms with E-state index in [1.165, 1.54) is 0 Å². The number of hydrogen-bond acceptors (Lipinski definition) is 11. The zero-order chi connectivity index (χ0) is 23.6. The first-order valence-corrected chi connectivity index (χ1v) is 12.7. The molecule has 7 N–H and O–H groups in total. The quantitative estimate of drug-likeness (QED) is 0.169. The molecule has 0 aromatic carbocycles. The Balaban J connectivity index is 2.13. The fourth-order valence-corrected chi connectivity index (χ4v) is 5.81. The molecule has 0 spiro atoms. The molecule has 2 heterocycles. The molecule has 1 aliphatic rings. The standard InChI is InChI=1S/C11H19N2O15P3/c14-4-2-6-9(16)7(26-10(6)13-3-1-8(15)12-11(13)17)5-25-30(21,22)28-31(23,24)27-29(18,19)20/h1,3,6-7,9-10,14,16H,2,4-5H2,(H,21,22)(H,23,24)(H,12,15,17)(H2,18,19,20)/t6-,7-,9+,10-/m1/s1. The van der Waals surface area contributed by atoms with Crippen molar-refractivity contribution in [3.63, 3.8) is 0 Å². The summed E-state index contributed by atoms with van der Waals surface area (Å²) in [6, 6.07) is 0.993. The van der Waals surface area contributed by atoms with Gasteiger partial charge in [-0.25, -0.2) is 18.5 Å². The van der Waals surface area contributed by atoms with Crippen LogP contribution >= 0.6 is 23.5 Å². The second-order valence-electron chi connectivity index (χ2n) is 6.14. The van der Waals surface area contributed by atoms with Crippen molar-refractivity contribution in [3.8, 4) is 0 Å². The molecule has 1 saturated heterocycles. The Morgan fingerprint density at radius 3 is 2.29 bits per heavy atom. The maximum absolute atomic E-state index is 12.0. The number of ether oxygens (including phenoxy) is 1. The van der Waals surface area contributed by atoms with Crippen LogP contribution in [0.5, 0.6) is 0 Å². The number of phosphoric ester groups is 1. The van der Waals surface area contributed by atoms with E-state index in [0.717, 1.165) is 16.8 Å². The van der Waals surface area contributed by atoms with Gasteiger partial charge in [-0.1, -0.05) is 0 Å².